The molecule has 5 rings (SSSR count). The molecule has 3 aromatic carbocycles. The largest absolute Gasteiger partial charge is 0.493 e. The molecule has 10 heteroatoms. The maximum atomic E-state index is 12.9. The van der Waals surface area contributed by atoms with Crippen LogP contribution in [0.4, 0.5) is 0 Å². The van der Waals surface area contributed by atoms with Crippen LogP contribution in [-0.2, 0) is 4.79 Å². The summed E-state index contributed by atoms with van der Waals surface area (Å²) in [4.78, 5) is 18.8. The first-order chi connectivity index (χ1) is 18.5. The molecule has 0 aliphatic carbocycles. The van der Waals surface area contributed by atoms with Crippen molar-refractivity contribution in [3.8, 4) is 17.2 Å². The van der Waals surface area contributed by atoms with Gasteiger partial charge in [-0.05, 0) is 57.4 Å². The number of ether oxygens (including phenoxy) is 3. The Bertz CT molecular complexity index is 1510. The van der Waals surface area contributed by atoms with E-state index < -0.39 is 5.91 Å². The second-order valence-electron chi connectivity index (χ2n) is 8.09. The number of fused-ring (bicyclic) bond motifs is 1. The summed E-state index contributed by atoms with van der Waals surface area (Å²) < 4.78 is 17.8. The van der Waals surface area contributed by atoms with Gasteiger partial charge >= 0.3 is 0 Å². The summed E-state index contributed by atoms with van der Waals surface area (Å²) in [6.45, 7) is 0.532. The van der Waals surface area contributed by atoms with Crippen LogP contribution in [0.5, 0.6) is 17.2 Å². The average molecular weight is 611 g/mol. The lowest BCUT2D eigenvalue weighted by molar-refractivity contribution is -0.114. The molecule has 7 nitrogen and oxygen atoms in total. The number of carbonyl (C=O) groups excluding carboxylic acids is 1. The molecule has 1 amide bonds. The summed E-state index contributed by atoms with van der Waals surface area (Å²) in [5.41, 5.74) is 2.57. The van der Waals surface area contributed by atoms with Gasteiger partial charge in [-0.15, -0.1) is 0 Å². The van der Waals surface area contributed by atoms with E-state index in [2.05, 4.69) is 20.9 Å². The molecule has 0 aromatic heterocycles. The number of para-hydroxylation sites is 1. The molecule has 192 valence electrons. The summed E-state index contributed by atoms with van der Waals surface area (Å²) in [5.74, 6) is 1.13. The number of nitrogens with one attached hydrogen (secondary N) is 1. The Morgan fingerprint density at radius 1 is 1.05 bits per heavy atom. The predicted molar refractivity (Wildman–Crippen MR) is 155 cm³/mol. The van der Waals surface area contributed by atoms with Crippen LogP contribution in [0, 0.1) is 5.41 Å². The van der Waals surface area contributed by atoms with Crippen molar-refractivity contribution in [1.82, 2.24) is 4.90 Å². The fourth-order valence-electron chi connectivity index (χ4n) is 3.90. The monoisotopic (exact) mass is 609 g/mol. The second-order valence-corrected chi connectivity index (χ2v) is 10.2. The van der Waals surface area contributed by atoms with Gasteiger partial charge in [-0.25, -0.2) is 0 Å². The van der Waals surface area contributed by atoms with Gasteiger partial charge in [0.25, 0.3) is 5.91 Å². The quantitative estimate of drug-likeness (QED) is 0.221. The molecule has 0 atom stereocenters. The molecular weight excluding hydrogens is 590 g/mol. The highest BCUT2D eigenvalue weighted by molar-refractivity contribution is 9.10. The van der Waals surface area contributed by atoms with E-state index in [-0.39, 0.29) is 24.6 Å². The Hall–Kier alpha value is -3.53. The van der Waals surface area contributed by atoms with Gasteiger partial charge in [0.1, 0.15) is 24.8 Å². The van der Waals surface area contributed by atoms with Crippen molar-refractivity contribution in [2.24, 2.45) is 4.99 Å². The smallest absolute Gasteiger partial charge is 0.283 e. The summed E-state index contributed by atoms with van der Waals surface area (Å²) in [7, 11) is 1.54. The molecule has 0 bridgehead atoms. The fourth-order valence-corrected chi connectivity index (χ4v) is 5.56. The maximum Gasteiger partial charge on any atom is 0.283 e. The van der Waals surface area contributed by atoms with E-state index in [0.717, 1.165) is 11.3 Å². The molecule has 1 N–H and O–H groups in total. The Labute approximate surface area is 237 Å². The number of amides is 1. The molecule has 0 spiro atoms. The number of thioether (sulfide) groups is 1. The first kappa shape index (κ1) is 26.1. The zero-order valence-corrected chi connectivity index (χ0v) is 23.3. The minimum absolute atomic E-state index is 0.0623. The molecule has 0 radical (unpaired) electrons. The van der Waals surface area contributed by atoms with E-state index in [1.165, 1.54) is 18.9 Å². The Balaban J connectivity index is 1.35. The molecule has 2 aliphatic rings. The van der Waals surface area contributed by atoms with E-state index in [4.69, 9.17) is 31.2 Å². The Kier molecular flexibility index (Phi) is 7.87. The molecule has 2 heterocycles. The maximum absolute atomic E-state index is 12.9. The lowest BCUT2D eigenvalue weighted by atomic mass is 10.1. The number of methoxy groups -OCH3 is 1. The molecule has 2 aliphatic heterocycles. The fraction of sp³-hybridized carbons (Fsp3) is 0.107. The van der Waals surface area contributed by atoms with Crippen molar-refractivity contribution in [1.29, 1.82) is 5.41 Å². The van der Waals surface area contributed by atoms with Gasteiger partial charge in [-0.3, -0.25) is 15.1 Å². The molecule has 38 heavy (non-hydrogen) atoms. The third-order valence-electron chi connectivity index (χ3n) is 5.67. The first-order valence-electron chi connectivity index (χ1n) is 11.5. The minimum Gasteiger partial charge on any atom is -0.493 e. The summed E-state index contributed by atoms with van der Waals surface area (Å²) in [5, 5.41) is 11.7. The Morgan fingerprint density at radius 3 is 2.55 bits per heavy atom. The number of amidine groups is 2. The van der Waals surface area contributed by atoms with E-state index in [1.54, 1.807) is 35.2 Å². The zero-order valence-electron chi connectivity index (χ0n) is 20.1. The van der Waals surface area contributed by atoms with Crippen LogP contribution < -0.4 is 14.2 Å². The van der Waals surface area contributed by atoms with Gasteiger partial charge < -0.3 is 14.2 Å². The second kappa shape index (κ2) is 11.5. The number of hydrogen-bond acceptors (Lipinski definition) is 6. The van der Waals surface area contributed by atoms with Crippen LogP contribution in [0.2, 0.25) is 5.02 Å². The van der Waals surface area contributed by atoms with Gasteiger partial charge in [-0.2, -0.15) is 4.99 Å². The molecule has 0 fully saturated rings. The van der Waals surface area contributed by atoms with Crippen LogP contribution in [0.3, 0.4) is 0 Å². The topological polar surface area (TPSA) is 84.2 Å². The van der Waals surface area contributed by atoms with Crippen LogP contribution in [-0.4, -0.2) is 42.1 Å². The summed E-state index contributed by atoms with van der Waals surface area (Å²) >= 11 is 11.0. The van der Waals surface area contributed by atoms with Crippen molar-refractivity contribution in [2.45, 2.75) is 0 Å². The number of hydrogen-bond donors (Lipinski definition) is 1. The Morgan fingerprint density at radius 2 is 1.79 bits per heavy atom. The minimum atomic E-state index is -0.469. The molecule has 0 saturated carbocycles. The van der Waals surface area contributed by atoms with Crippen molar-refractivity contribution in [3.63, 3.8) is 0 Å². The van der Waals surface area contributed by atoms with Crippen molar-refractivity contribution in [3.05, 3.63) is 98.3 Å². The van der Waals surface area contributed by atoms with E-state index in [0.29, 0.717) is 37.5 Å². The van der Waals surface area contributed by atoms with Gasteiger partial charge in [0, 0.05) is 5.41 Å². The normalized spacial score (nSPS) is 15.8. The predicted octanol–water partition coefficient (Wildman–Crippen LogP) is 6.87. The van der Waals surface area contributed by atoms with Crippen LogP contribution in [0.15, 0.2) is 87.2 Å². The first-order valence-corrected chi connectivity index (χ1v) is 13.5. The number of halogens is 2. The number of benzene rings is 3. The summed E-state index contributed by atoms with van der Waals surface area (Å²) in [6.07, 6.45) is 1.63. The van der Waals surface area contributed by atoms with E-state index in [1.807, 2.05) is 47.9 Å². The molecule has 0 saturated heterocycles. The summed E-state index contributed by atoms with van der Waals surface area (Å²) in [6, 6.07) is 20.5. The van der Waals surface area contributed by atoms with Gasteiger partial charge in [0.15, 0.2) is 16.7 Å². The molecule has 3 aromatic rings. The van der Waals surface area contributed by atoms with Crippen LogP contribution >= 0.6 is 39.3 Å². The highest BCUT2D eigenvalue weighted by Gasteiger charge is 2.36. The van der Waals surface area contributed by atoms with Crippen molar-refractivity contribution < 1.29 is 19.0 Å². The van der Waals surface area contributed by atoms with Crippen molar-refractivity contribution >= 4 is 68.0 Å². The zero-order chi connectivity index (χ0) is 26.6. The molecular formula is C28H21BrClN3O4S. The number of aliphatic imine (C=N–C) groups is 1. The van der Waals surface area contributed by atoms with Gasteiger partial charge in [0.05, 0.1) is 27.9 Å². The highest BCUT2D eigenvalue weighted by atomic mass is 79.9. The standard InChI is InChI=1S/C28H21BrClN3O4S/c1-35-24-15-17(14-20(29)25(24)37-12-11-36-23-10-6-5-9-21(23)30)13-19-26(31)33-22(18-7-3-2-4-8-18)16-38-28(33)32-27(19)34/h2-10,13-16,31H,11-12H2,1H3/b19-13-,31-26?. The van der Waals surface area contributed by atoms with E-state index in [9.17, 15) is 4.79 Å². The van der Waals surface area contributed by atoms with E-state index >= 15 is 0 Å². The third-order valence-corrected chi connectivity index (χ3v) is 7.40. The third kappa shape index (κ3) is 5.36. The van der Waals surface area contributed by atoms with Crippen molar-refractivity contribution in [2.75, 3.05) is 20.3 Å². The number of carbonyl (C=O) groups is 1. The number of rotatable bonds is 8. The van der Waals surface area contributed by atoms with Gasteiger partial charge in [-0.1, -0.05) is 65.8 Å². The van der Waals surface area contributed by atoms with Crippen LogP contribution in [0.25, 0.3) is 11.8 Å². The SMILES string of the molecule is COc1cc(/C=C2/C(=N)N3C(c4ccccc4)=CSC3=NC2=O)cc(Br)c1OCCOc1ccccc1Cl. The number of nitrogens with zero attached hydrogens (tertiary/aromatic N) is 2. The highest BCUT2D eigenvalue weighted by Crippen LogP contribution is 2.40. The lowest BCUT2D eigenvalue weighted by Crippen LogP contribution is -2.38. The van der Waals surface area contributed by atoms with Crippen LogP contribution in [0.1, 0.15) is 11.1 Å². The molecule has 0 unspecified atom stereocenters. The lowest BCUT2D eigenvalue weighted by Gasteiger charge is -2.27. The van der Waals surface area contributed by atoms with Gasteiger partial charge in [0.2, 0.25) is 0 Å². The average Bonchev–Trinajstić information content (AvgIpc) is 3.35.